The molecule has 0 radical (unpaired) electrons. The van der Waals surface area contributed by atoms with Crippen LogP contribution >= 0.6 is 63.9 Å². The second kappa shape index (κ2) is 14.5. The van der Waals surface area contributed by atoms with Gasteiger partial charge in [-0.1, -0.05) is 86.0 Å². The molecule has 0 spiro atoms. The Balaban J connectivity index is 0.00000217. The van der Waals surface area contributed by atoms with E-state index in [-0.39, 0.29) is 37.9 Å². The third kappa shape index (κ3) is 7.20. The molecule has 3 heterocycles. The number of hydrogen-bond donors (Lipinski definition) is 0. The van der Waals surface area contributed by atoms with Crippen LogP contribution in [-0.4, -0.2) is 51.8 Å². The Morgan fingerprint density at radius 1 is 0.660 bits per heavy atom. The fraction of sp³-hybridized carbons (Fsp3) is 0.125. The highest BCUT2D eigenvalue weighted by Gasteiger charge is 2.38. The van der Waals surface area contributed by atoms with Crippen LogP contribution in [-0.2, 0) is 26.2 Å². The Kier molecular flexibility index (Phi) is 10.6. The minimum atomic E-state index is -0.432. The second-order valence-corrected chi connectivity index (χ2v) is 12.4. The van der Waals surface area contributed by atoms with Gasteiger partial charge in [-0.2, -0.15) is 5.01 Å². The van der Waals surface area contributed by atoms with Crippen molar-refractivity contribution in [3.63, 3.8) is 0 Å². The monoisotopic (exact) mass is 772 g/mol. The molecule has 0 fully saturated rings. The fourth-order valence-corrected chi connectivity index (χ4v) is 6.12. The van der Waals surface area contributed by atoms with Crippen LogP contribution in [0.3, 0.4) is 0 Å². The lowest BCUT2D eigenvalue weighted by Crippen LogP contribution is -2.51. The molecule has 47 heavy (non-hydrogen) atoms. The first-order chi connectivity index (χ1) is 21.8. The van der Waals surface area contributed by atoms with E-state index < -0.39 is 11.8 Å². The van der Waals surface area contributed by atoms with Gasteiger partial charge < -0.3 is 0 Å². The van der Waals surface area contributed by atoms with Gasteiger partial charge in [0.25, 0.3) is 11.8 Å². The molecule has 0 saturated heterocycles. The predicted molar refractivity (Wildman–Crippen MR) is 187 cm³/mol. The molecule has 0 bridgehead atoms. The van der Waals surface area contributed by atoms with Crippen molar-refractivity contribution in [3.05, 3.63) is 139 Å². The highest BCUT2D eigenvalue weighted by atomic mass is 79.9. The maximum absolute atomic E-state index is 14.0. The average Bonchev–Trinajstić information content (AvgIpc) is 3.67. The third-order valence-electron chi connectivity index (χ3n) is 7.49. The molecule has 2 aromatic heterocycles. The standard InChI is InChI=1S/C32H23BrCl2N8O2.2ClH/c33-29-13-12-28-30-26(29)2-1-3-27(30)31(44)43(32(28)45)42(18-24-16-40(38-36-24)14-20-4-8-22(34)9-5-20)19-25-17-41(39-37-25)15-21-6-10-23(35)11-7-21;;/h1-13,16-17H,14-15,18-19H2;2*1H. The Hall–Kier alpha value is -3.84. The van der Waals surface area contributed by atoms with Gasteiger partial charge in [-0.25, -0.2) is 14.4 Å². The third-order valence-corrected chi connectivity index (χ3v) is 8.69. The van der Waals surface area contributed by atoms with E-state index in [2.05, 4.69) is 36.6 Å². The topological polar surface area (TPSA) is 102 Å². The minimum absolute atomic E-state index is 0. The first-order valence-corrected chi connectivity index (χ1v) is 15.5. The molecule has 0 unspecified atom stereocenters. The summed E-state index contributed by atoms with van der Waals surface area (Å²) in [6.07, 6.45) is 3.59. The zero-order valence-corrected chi connectivity index (χ0v) is 29.1. The van der Waals surface area contributed by atoms with Gasteiger partial charge in [0.15, 0.2) is 0 Å². The lowest BCUT2D eigenvalue weighted by atomic mass is 9.95. The van der Waals surface area contributed by atoms with Gasteiger partial charge >= 0.3 is 0 Å². The van der Waals surface area contributed by atoms with Crippen LogP contribution in [0.1, 0.15) is 43.2 Å². The normalized spacial score (nSPS) is 12.4. The van der Waals surface area contributed by atoms with Crippen molar-refractivity contribution in [1.82, 2.24) is 40.0 Å². The Labute approximate surface area is 300 Å². The molecule has 0 N–H and O–H groups in total. The van der Waals surface area contributed by atoms with Crippen molar-refractivity contribution in [2.24, 2.45) is 0 Å². The molecule has 10 nitrogen and oxygen atoms in total. The number of imide groups is 1. The average molecular weight is 775 g/mol. The van der Waals surface area contributed by atoms with Crippen molar-refractivity contribution < 1.29 is 9.59 Å². The Bertz CT molecular complexity index is 1960. The van der Waals surface area contributed by atoms with Crippen LogP contribution in [0.2, 0.25) is 10.0 Å². The molecule has 1 aliphatic rings. The molecule has 1 aliphatic heterocycles. The largest absolute Gasteiger partial charge is 0.276 e. The molecule has 240 valence electrons. The summed E-state index contributed by atoms with van der Waals surface area (Å²) < 4.78 is 4.21. The molecule has 4 aromatic carbocycles. The highest BCUT2D eigenvalue weighted by molar-refractivity contribution is 9.10. The predicted octanol–water partition coefficient (Wildman–Crippen LogP) is 7.25. The maximum Gasteiger partial charge on any atom is 0.276 e. The van der Waals surface area contributed by atoms with Gasteiger partial charge in [0.1, 0.15) is 0 Å². The summed E-state index contributed by atoms with van der Waals surface area (Å²) in [5.41, 5.74) is 4.01. The van der Waals surface area contributed by atoms with Crippen molar-refractivity contribution >= 4 is 86.5 Å². The summed E-state index contributed by atoms with van der Waals surface area (Å²) >= 11 is 15.6. The summed E-state index contributed by atoms with van der Waals surface area (Å²) in [6.45, 7) is 1.19. The van der Waals surface area contributed by atoms with E-state index >= 15 is 0 Å². The SMILES string of the molecule is Cl.Cl.O=C1c2cccc3c(Br)ccc(c23)C(=O)N1N(Cc1cn(Cc2ccc(Cl)cc2)nn1)Cc1cn(Cc2ccc(Cl)cc2)nn1. The molecule has 0 atom stereocenters. The molecule has 2 amide bonds. The zero-order chi connectivity index (χ0) is 31.1. The van der Waals surface area contributed by atoms with Gasteiger partial charge in [-0.3, -0.25) is 9.59 Å². The van der Waals surface area contributed by atoms with Crippen LogP contribution in [0.25, 0.3) is 10.8 Å². The number of amides is 2. The highest BCUT2D eigenvalue weighted by Crippen LogP contribution is 2.35. The number of carbonyl (C=O) groups is 2. The van der Waals surface area contributed by atoms with E-state index in [4.69, 9.17) is 23.2 Å². The molecular formula is C32H25BrCl4N8O2. The van der Waals surface area contributed by atoms with E-state index in [0.29, 0.717) is 51.0 Å². The van der Waals surface area contributed by atoms with E-state index in [0.717, 1.165) is 21.0 Å². The number of rotatable bonds is 9. The summed E-state index contributed by atoms with van der Waals surface area (Å²) in [5.74, 6) is -0.864. The van der Waals surface area contributed by atoms with E-state index in [9.17, 15) is 9.59 Å². The molecule has 0 saturated carbocycles. The summed E-state index contributed by atoms with van der Waals surface area (Å²) in [5, 5.41) is 22.8. The number of nitrogens with zero attached hydrogens (tertiary/aromatic N) is 8. The van der Waals surface area contributed by atoms with Crippen molar-refractivity contribution in [2.45, 2.75) is 26.2 Å². The summed E-state index contributed by atoms with van der Waals surface area (Å²) in [7, 11) is 0. The number of carbonyl (C=O) groups excluding carboxylic acids is 2. The Morgan fingerprint density at radius 2 is 1.15 bits per heavy atom. The van der Waals surface area contributed by atoms with E-state index in [1.165, 1.54) is 5.01 Å². The van der Waals surface area contributed by atoms with Crippen LogP contribution in [0.5, 0.6) is 0 Å². The quantitative estimate of drug-likeness (QED) is 0.143. The van der Waals surface area contributed by atoms with Gasteiger partial charge in [0.05, 0.1) is 61.1 Å². The van der Waals surface area contributed by atoms with Crippen LogP contribution in [0.4, 0.5) is 0 Å². The summed E-state index contributed by atoms with van der Waals surface area (Å²) in [6, 6.07) is 24.0. The Morgan fingerprint density at radius 3 is 1.66 bits per heavy atom. The lowest BCUT2D eigenvalue weighted by molar-refractivity contribution is -0.0130. The smallest absolute Gasteiger partial charge is 0.267 e. The van der Waals surface area contributed by atoms with Crippen molar-refractivity contribution in [1.29, 1.82) is 0 Å². The number of halogens is 5. The van der Waals surface area contributed by atoms with Crippen LogP contribution in [0, 0.1) is 0 Å². The van der Waals surface area contributed by atoms with Gasteiger partial charge in [0.2, 0.25) is 0 Å². The fourth-order valence-electron chi connectivity index (χ4n) is 5.41. The van der Waals surface area contributed by atoms with Gasteiger partial charge in [-0.05, 0) is 59.0 Å². The molecule has 0 aliphatic carbocycles. The number of hydrazine groups is 1. The van der Waals surface area contributed by atoms with E-state index in [1.54, 1.807) is 38.9 Å². The van der Waals surface area contributed by atoms with Crippen molar-refractivity contribution in [2.75, 3.05) is 0 Å². The molecular weight excluding hydrogens is 750 g/mol. The zero-order valence-electron chi connectivity index (χ0n) is 24.3. The molecule has 7 rings (SSSR count). The van der Waals surface area contributed by atoms with Gasteiger partial charge in [-0.15, -0.1) is 35.0 Å². The second-order valence-electron chi connectivity index (χ2n) is 10.6. The lowest BCUT2D eigenvalue weighted by Gasteiger charge is -2.35. The number of hydrogen-bond acceptors (Lipinski definition) is 7. The first-order valence-electron chi connectivity index (χ1n) is 13.9. The number of benzene rings is 4. The van der Waals surface area contributed by atoms with Crippen molar-refractivity contribution in [3.8, 4) is 0 Å². The van der Waals surface area contributed by atoms with Gasteiger partial charge in [0, 0.05) is 19.9 Å². The number of aromatic nitrogens is 6. The molecule has 15 heteroatoms. The molecule has 6 aromatic rings. The maximum atomic E-state index is 14.0. The van der Waals surface area contributed by atoms with E-state index in [1.807, 2.05) is 66.7 Å². The summed E-state index contributed by atoms with van der Waals surface area (Å²) in [4.78, 5) is 28.1. The minimum Gasteiger partial charge on any atom is -0.267 e. The first kappa shape index (κ1) is 34.5. The van der Waals surface area contributed by atoms with Crippen LogP contribution < -0.4 is 0 Å². The van der Waals surface area contributed by atoms with Crippen LogP contribution in [0.15, 0.2) is 95.7 Å².